The monoisotopic (exact) mass is 305 g/mol. The average molecular weight is 305 g/mol. The third-order valence-electron chi connectivity index (χ3n) is 3.10. The van der Waals surface area contributed by atoms with Crippen molar-refractivity contribution >= 4 is 17.4 Å². The first kappa shape index (κ1) is 15.7. The number of nitrogens with two attached hydrogens (primary N) is 1. The van der Waals surface area contributed by atoms with Crippen molar-refractivity contribution in [3.05, 3.63) is 53.3 Å². The van der Waals surface area contributed by atoms with Crippen molar-refractivity contribution in [2.45, 2.75) is 25.2 Å². The van der Waals surface area contributed by atoms with Crippen LogP contribution < -0.4 is 10.5 Å². The van der Waals surface area contributed by atoms with Gasteiger partial charge in [0.2, 0.25) is 0 Å². The normalized spacial score (nSPS) is 10.6. The van der Waals surface area contributed by atoms with Gasteiger partial charge in [0.05, 0.1) is 6.61 Å². The molecule has 4 heteroatoms. The zero-order chi connectivity index (χ0) is 15.2. The molecule has 2 aromatic rings. The molecule has 2 aromatic carbocycles. The second-order valence-corrected chi connectivity index (χ2v) is 6.15. The number of benzene rings is 2. The summed E-state index contributed by atoms with van der Waals surface area (Å²) < 4.78 is 19.4. The summed E-state index contributed by atoms with van der Waals surface area (Å²) in [6, 6.07) is 11.0. The van der Waals surface area contributed by atoms with Gasteiger partial charge in [-0.15, -0.1) is 11.8 Å². The Morgan fingerprint density at radius 3 is 2.71 bits per heavy atom. The Kier molecular flexibility index (Phi) is 5.51. The predicted molar refractivity (Wildman–Crippen MR) is 87.6 cm³/mol. The Labute approximate surface area is 129 Å². The quantitative estimate of drug-likeness (QED) is 0.482. The van der Waals surface area contributed by atoms with Gasteiger partial charge >= 0.3 is 0 Å². The fourth-order valence-electron chi connectivity index (χ4n) is 1.92. The molecule has 0 aliphatic heterocycles. The van der Waals surface area contributed by atoms with Crippen LogP contribution in [-0.4, -0.2) is 12.4 Å². The van der Waals surface area contributed by atoms with Crippen LogP contribution in [0.2, 0.25) is 0 Å². The smallest absolute Gasteiger partial charge is 0.138 e. The van der Waals surface area contributed by atoms with Gasteiger partial charge in [-0.2, -0.15) is 0 Å². The third kappa shape index (κ3) is 4.67. The molecule has 21 heavy (non-hydrogen) atoms. The zero-order valence-electron chi connectivity index (χ0n) is 12.4. The van der Waals surface area contributed by atoms with Crippen LogP contribution >= 0.6 is 11.8 Å². The van der Waals surface area contributed by atoms with Gasteiger partial charge in [-0.05, 0) is 55.7 Å². The standard InChI is InChI=1S/C17H20FNOS/c1-12-4-5-13(2)16(10-12)20-8-3-9-21-17-7-6-14(19)11-15(17)18/h4-7,10-11H,3,8-9,19H2,1-2H3. The Morgan fingerprint density at radius 1 is 1.14 bits per heavy atom. The molecule has 0 aromatic heterocycles. The van der Waals surface area contributed by atoms with Crippen LogP contribution in [0.4, 0.5) is 10.1 Å². The summed E-state index contributed by atoms with van der Waals surface area (Å²) >= 11 is 1.49. The number of nitrogen functional groups attached to an aromatic ring is 1. The Balaban J connectivity index is 1.76. The number of anilines is 1. The topological polar surface area (TPSA) is 35.2 Å². The number of rotatable bonds is 6. The lowest BCUT2D eigenvalue weighted by Crippen LogP contribution is -2.00. The number of hydrogen-bond acceptors (Lipinski definition) is 3. The van der Waals surface area contributed by atoms with Crippen molar-refractivity contribution in [1.82, 2.24) is 0 Å². The Bertz CT molecular complexity index is 616. The number of halogens is 1. The molecular formula is C17H20FNOS. The van der Waals surface area contributed by atoms with E-state index in [0.717, 1.165) is 23.5 Å². The largest absolute Gasteiger partial charge is 0.493 e. The highest BCUT2D eigenvalue weighted by atomic mass is 32.2. The van der Waals surface area contributed by atoms with E-state index in [0.29, 0.717) is 17.2 Å². The van der Waals surface area contributed by atoms with E-state index < -0.39 is 0 Å². The molecule has 0 heterocycles. The third-order valence-corrected chi connectivity index (χ3v) is 4.24. The van der Waals surface area contributed by atoms with Gasteiger partial charge < -0.3 is 10.5 Å². The van der Waals surface area contributed by atoms with Crippen molar-refractivity contribution < 1.29 is 9.13 Å². The van der Waals surface area contributed by atoms with Crippen molar-refractivity contribution in [2.24, 2.45) is 0 Å². The maximum atomic E-state index is 13.6. The van der Waals surface area contributed by atoms with Crippen LogP contribution in [0.5, 0.6) is 5.75 Å². The molecule has 0 saturated carbocycles. The van der Waals surface area contributed by atoms with E-state index >= 15 is 0 Å². The fraction of sp³-hybridized carbons (Fsp3) is 0.294. The van der Waals surface area contributed by atoms with Crippen LogP contribution in [0, 0.1) is 19.7 Å². The van der Waals surface area contributed by atoms with Crippen LogP contribution in [-0.2, 0) is 0 Å². The van der Waals surface area contributed by atoms with Crippen LogP contribution in [0.1, 0.15) is 17.5 Å². The van der Waals surface area contributed by atoms with Crippen molar-refractivity contribution in [1.29, 1.82) is 0 Å². The summed E-state index contributed by atoms with van der Waals surface area (Å²) in [5.41, 5.74) is 8.30. The molecule has 0 radical (unpaired) electrons. The molecule has 0 aliphatic carbocycles. The minimum Gasteiger partial charge on any atom is -0.493 e. The molecule has 2 rings (SSSR count). The summed E-state index contributed by atoms with van der Waals surface area (Å²) in [5.74, 6) is 1.49. The number of hydrogen-bond donors (Lipinski definition) is 1. The summed E-state index contributed by atoms with van der Waals surface area (Å²) in [6.07, 6.45) is 0.863. The minimum atomic E-state index is -0.254. The first-order chi connectivity index (χ1) is 10.1. The molecule has 0 bridgehead atoms. The molecule has 2 N–H and O–H groups in total. The second kappa shape index (κ2) is 7.36. The van der Waals surface area contributed by atoms with E-state index in [9.17, 15) is 4.39 Å². The lowest BCUT2D eigenvalue weighted by Gasteiger charge is -2.10. The van der Waals surface area contributed by atoms with Gasteiger partial charge in [-0.25, -0.2) is 4.39 Å². The van der Waals surface area contributed by atoms with E-state index in [1.54, 1.807) is 12.1 Å². The molecule has 0 atom stereocenters. The van der Waals surface area contributed by atoms with Crippen molar-refractivity contribution in [3.63, 3.8) is 0 Å². The van der Waals surface area contributed by atoms with E-state index in [4.69, 9.17) is 10.5 Å². The summed E-state index contributed by atoms with van der Waals surface area (Å²) in [5, 5.41) is 0. The molecule has 2 nitrogen and oxygen atoms in total. The maximum absolute atomic E-state index is 13.6. The minimum absolute atomic E-state index is 0.254. The van der Waals surface area contributed by atoms with E-state index in [-0.39, 0.29) is 5.82 Å². The second-order valence-electron chi connectivity index (χ2n) is 5.01. The lowest BCUT2D eigenvalue weighted by atomic mass is 10.1. The van der Waals surface area contributed by atoms with Gasteiger partial charge in [-0.3, -0.25) is 0 Å². The number of ether oxygens (including phenoxy) is 1. The number of aryl methyl sites for hydroxylation is 2. The molecular weight excluding hydrogens is 285 g/mol. The van der Waals surface area contributed by atoms with Crippen LogP contribution in [0.15, 0.2) is 41.3 Å². The summed E-state index contributed by atoms with van der Waals surface area (Å²) in [7, 11) is 0. The lowest BCUT2D eigenvalue weighted by molar-refractivity contribution is 0.316. The van der Waals surface area contributed by atoms with Gasteiger partial charge in [0.15, 0.2) is 0 Å². The molecule has 0 spiro atoms. The molecule has 0 fully saturated rings. The van der Waals surface area contributed by atoms with Gasteiger partial charge in [0, 0.05) is 16.3 Å². The summed E-state index contributed by atoms with van der Waals surface area (Å²) in [4.78, 5) is 0.635. The molecule has 0 amide bonds. The van der Waals surface area contributed by atoms with Crippen LogP contribution in [0.25, 0.3) is 0 Å². The van der Waals surface area contributed by atoms with Crippen molar-refractivity contribution in [2.75, 3.05) is 18.1 Å². The van der Waals surface area contributed by atoms with Gasteiger partial charge in [0.25, 0.3) is 0 Å². The zero-order valence-corrected chi connectivity index (χ0v) is 13.2. The van der Waals surface area contributed by atoms with Crippen molar-refractivity contribution in [3.8, 4) is 5.75 Å². The first-order valence-electron chi connectivity index (χ1n) is 6.94. The molecule has 0 unspecified atom stereocenters. The highest BCUT2D eigenvalue weighted by Crippen LogP contribution is 2.24. The fourth-order valence-corrected chi connectivity index (χ4v) is 2.76. The number of thioether (sulfide) groups is 1. The predicted octanol–water partition coefficient (Wildman–Crippen LogP) is 4.59. The first-order valence-corrected chi connectivity index (χ1v) is 7.92. The Morgan fingerprint density at radius 2 is 1.95 bits per heavy atom. The van der Waals surface area contributed by atoms with E-state index in [2.05, 4.69) is 12.1 Å². The highest BCUT2D eigenvalue weighted by Gasteiger charge is 2.04. The highest BCUT2D eigenvalue weighted by molar-refractivity contribution is 7.99. The SMILES string of the molecule is Cc1ccc(C)c(OCCCSc2ccc(N)cc2F)c1. The van der Waals surface area contributed by atoms with Gasteiger partial charge in [-0.1, -0.05) is 12.1 Å². The molecule has 0 saturated heterocycles. The Hall–Kier alpha value is -1.68. The molecule has 0 aliphatic rings. The maximum Gasteiger partial charge on any atom is 0.138 e. The summed E-state index contributed by atoms with van der Waals surface area (Å²) in [6.45, 7) is 4.72. The van der Waals surface area contributed by atoms with E-state index in [1.165, 1.54) is 23.4 Å². The van der Waals surface area contributed by atoms with Gasteiger partial charge in [0.1, 0.15) is 11.6 Å². The average Bonchev–Trinajstić information content (AvgIpc) is 2.44. The van der Waals surface area contributed by atoms with E-state index in [1.807, 2.05) is 19.9 Å². The molecule has 112 valence electrons. The van der Waals surface area contributed by atoms with Crippen LogP contribution in [0.3, 0.4) is 0 Å².